The number of nitrogens with one attached hydrogen (secondary N) is 1. The Bertz CT molecular complexity index is 452. The van der Waals surface area contributed by atoms with Gasteiger partial charge in [-0.2, -0.15) is 0 Å². The molecule has 2 heterocycles. The zero-order valence-electron chi connectivity index (χ0n) is 11.9. The molecule has 2 aliphatic heterocycles. The molecule has 0 saturated carbocycles. The van der Waals surface area contributed by atoms with Crippen molar-refractivity contribution in [3.05, 3.63) is 29.3 Å². The minimum atomic E-state index is -0.131. The lowest BCUT2D eigenvalue weighted by Crippen LogP contribution is -2.45. The van der Waals surface area contributed by atoms with Crippen molar-refractivity contribution in [1.82, 2.24) is 5.32 Å². The molecule has 0 bridgehead atoms. The van der Waals surface area contributed by atoms with E-state index in [1.54, 1.807) is 0 Å². The van der Waals surface area contributed by atoms with Crippen LogP contribution < -0.4 is 10.1 Å². The molecule has 0 aromatic heterocycles. The minimum Gasteiger partial charge on any atom is -0.493 e. The number of para-hydroxylation sites is 1. The van der Waals surface area contributed by atoms with Gasteiger partial charge < -0.3 is 14.8 Å². The highest BCUT2D eigenvalue weighted by molar-refractivity contribution is 5.46. The molecule has 19 heavy (non-hydrogen) atoms. The zero-order chi connectivity index (χ0) is 13.3. The van der Waals surface area contributed by atoms with Gasteiger partial charge in [-0.05, 0) is 38.8 Å². The van der Waals surface area contributed by atoms with E-state index in [9.17, 15) is 0 Å². The van der Waals surface area contributed by atoms with Crippen molar-refractivity contribution in [3.63, 3.8) is 0 Å². The average molecular weight is 261 g/mol. The highest BCUT2D eigenvalue weighted by atomic mass is 16.5. The smallest absolute Gasteiger partial charge is 0.127 e. The van der Waals surface area contributed by atoms with Crippen LogP contribution in [0, 0.1) is 0 Å². The van der Waals surface area contributed by atoms with E-state index >= 15 is 0 Å². The van der Waals surface area contributed by atoms with Crippen LogP contribution >= 0.6 is 0 Å². The lowest BCUT2D eigenvalue weighted by molar-refractivity contribution is -0.0887. The van der Waals surface area contributed by atoms with E-state index in [1.165, 1.54) is 24.0 Å². The Kier molecular flexibility index (Phi) is 3.50. The highest BCUT2D eigenvalue weighted by Gasteiger charge is 2.39. The van der Waals surface area contributed by atoms with Gasteiger partial charge in [0.15, 0.2) is 0 Å². The van der Waals surface area contributed by atoms with Crippen LogP contribution in [0.25, 0.3) is 0 Å². The van der Waals surface area contributed by atoms with E-state index < -0.39 is 0 Å². The van der Waals surface area contributed by atoms with E-state index in [2.05, 4.69) is 30.4 Å². The summed E-state index contributed by atoms with van der Waals surface area (Å²) in [6, 6.07) is 6.68. The third-order valence-corrected chi connectivity index (χ3v) is 4.45. The quantitative estimate of drug-likeness (QED) is 0.907. The molecule has 1 aromatic carbocycles. The maximum atomic E-state index is 6.11. The Morgan fingerprint density at radius 3 is 2.89 bits per heavy atom. The van der Waals surface area contributed by atoms with Crippen molar-refractivity contribution in [2.75, 3.05) is 20.3 Å². The Balaban J connectivity index is 1.96. The summed E-state index contributed by atoms with van der Waals surface area (Å²) >= 11 is 0. The van der Waals surface area contributed by atoms with Gasteiger partial charge in [-0.3, -0.25) is 0 Å². The first-order valence-electron chi connectivity index (χ1n) is 7.30. The predicted octanol–water partition coefficient (Wildman–Crippen LogP) is 2.84. The van der Waals surface area contributed by atoms with Gasteiger partial charge in [-0.15, -0.1) is 0 Å². The summed E-state index contributed by atoms with van der Waals surface area (Å²) in [5.41, 5.74) is 2.45. The van der Waals surface area contributed by atoms with Crippen LogP contribution in [0.2, 0.25) is 0 Å². The summed E-state index contributed by atoms with van der Waals surface area (Å²) < 4.78 is 12.0. The predicted molar refractivity (Wildman–Crippen MR) is 75.6 cm³/mol. The largest absolute Gasteiger partial charge is 0.493 e. The maximum absolute atomic E-state index is 6.11. The van der Waals surface area contributed by atoms with Crippen LogP contribution in [0.15, 0.2) is 18.2 Å². The third-order valence-electron chi connectivity index (χ3n) is 4.45. The van der Waals surface area contributed by atoms with Gasteiger partial charge in [-0.25, -0.2) is 0 Å². The summed E-state index contributed by atoms with van der Waals surface area (Å²) in [5, 5.41) is 3.45. The second kappa shape index (κ2) is 5.14. The van der Waals surface area contributed by atoms with Crippen molar-refractivity contribution in [1.29, 1.82) is 0 Å². The van der Waals surface area contributed by atoms with E-state index in [1.807, 2.05) is 7.05 Å². The fourth-order valence-corrected chi connectivity index (χ4v) is 3.44. The summed E-state index contributed by atoms with van der Waals surface area (Å²) in [6.07, 6.45) is 4.54. The van der Waals surface area contributed by atoms with Gasteiger partial charge in [0.25, 0.3) is 0 Å². The second-order valence-corrected chi connectivity index (χ2v) is 5.77. The van der Waals surface area contributed by atoms with Crippen LogP contribution in [0.3, 0.4) is 0 Å². The highest BCUT2D eigenvalue weighted by Crippen LogP contribution is 2.42. The molecule has 0 amide bonds. The Morgan fingerprint density at radius 2 is 2.16 bits per heavy atom. The molecule has 104 valence electrons. The molecule has 3 heteroatoms. The number of hydrogen-bond donors (Lipinski definition) is 1. The fourth-order valence-electron chi connectivity index (χ4n) is 3.44. The van der Waals surface area contributed by atoms with E-state index in [0.29, 0.717) is 0 Å². The number of hydrogen-bond acceptors (Lipinski definition) is 3. The molecule has 0 spiro atoms. The first-order valence-corrected chi connectivity index (χ1v) is 7.30. The zero-order valence-corrected chi connectivity index (χ0v) is 11.9. The van der Waals surface area contributed by atoms with Gasteiger partial charge in [-0.1, -0.05) is 18.2 Å². The van der Waals surface area contributed by atoms with Gasteiger partial charge in [0.1, 0.15) is 5.75 Å². The normalized spacial score (nSPS) is 27.7. The molecule has 1 saturated heterocycles. The summed E-state index contributed by atoms with van der Waals surface area (Å²) in [5.74, 6) is 1.08. The van der Waals surface area contributed by atoms with Crippen LogP contribution in [-0.2, 0) is 11.2 Å². The van der Waals surface area contributed by atoms with Crippen molar-refractivity contribution in [3.8, 4) is 5.75 Å². The molecule has 1 aromatic rings. The fraction of sp³-hybridized carbons (Fsp3) is 0.625. The molecular weight excluding hydrogens is 238 g/mol. The molecule has 1 N–H and O–H groups in total. The van der Waals surface area contributed by atoms with Crippen molar-refractivity contribution in [2.24, 2.45) is 0 Å². The molecule has 2 unspecified atom stereocenters. The Labute approximate surface area is 115 Å². The summed E-state index contributed by atoms with van der Waals surface area (Å²) in [6.45, 7) is 3.90. The van der Waals surface area contributed by atoms with Crippen LogP contribution in [0.1, 0.15) is 43.4 Å². The van der Waals surface area contributed by atoms with Gasteiger partial charge in [0, 0.05) is 18.6 Å². The lowest BCUT2D eigenvalue weighted by atomic mass is 9.83. The third kappa shape index (κ3) is 2.26. The van der Waals surface area contributed by atoms with Gasteiger partial charge in [0.05, 0.1) is 18.2 Å². The van der Waals surface area contributed by atoms with Gasteiger partial charge in [0.2, 0.25) is 0 Å². The van der Waals surface area contributed by atoms with Crippen LogP contribution in [-0.4, -0.2) is 25.9 Å². The first kappa shape index (κ1) is 12.9. The molecule has 3 nitrogen and oxygen atoms in total. The van der Waals surface area contributed by atoms with Crippen LogP contribution in [0.4, 0.5) is 0 Å². The molecule has 2 atom stereocenters. The number of benzene rings is 1. The molecule has 1 fully saturated rings. The van der Waals surface area contributed by atoms with E-state index in [-0.39, 0.29) is 11.6 Å². The Morgan fingerprint density at radius 1 is 1.26 bits per heavy atom. The van der Waals surface area contributed by atoms with E-state index in [0.717, 1.165) is 31.8 Å². The standard InChI is InChI=1S/C16H23NO2/c1-16(9-3-4-10-19-16)15(17-2)13-7-5-6-12-8-11-18-14(12)13/h5-7,15,17H,3-4,8-11H2,1-2H3. The monoisotopic (exact) mass is 261 g/mol. The number of rotatable bonds is 3. The topological polar surface area (TPSA) is 30.5 Å². The molecule has 0 radical (unpaired) electrons. The van der Waals surface area contributed by atoms with E-state index in [4.69, 9.17) is 9.47 Å². The minimum absolute atomic E-state index is 0.131. The first-order chi connectivity index (χ1) is 9.24. The van der Waals surface area contributed by atoms with Gasteiger partial charge >= 0.3 is 0 Å². The molecule has 3 rings (SSSR count). The van der Waals surface area contributed by atoms with Crippen molar-refractivity contribution in [2.45, 2.75) is 44.2 Å². The second-order valence-electron chi connectivity index (χ2n) is 5.77. The average Bonchev–Trinajstić information content (AvgIpc) is 2.89. The summed E-state index contributed by atoms with van der Waals surface area (Å²) in [4.78, 5) is 0. The number of likely N-dealkylation sites (N-methyl/N-ethyl adjacent to an activating group) is 1. The number of ether oxygens (including phenoxy) is 2. The lowest BCUT2D eigenvalue weighted by Gasteiger charge is -2.41. The molecular formula is C16H23NO2. The Hall–Kier alpha value is -1.06. The van der Waals surface area contributed by atoms with Crippen molar-refractivity contribution >= 4 is 0 Å². The summed E-state index contributed by atoms with van der Waals surface area (Å²) in [7, 11) is 2.02. The molecule has 2 aliphatic rings. The van der Waals surface area contributed by atoms with Crippen LogP contribution in [0.5, 0.6) is 5.75 Å². The van der Waals surface area contributed by atoms with Crippen molar-refractivity contribution < 1.29 is 9.47 Å². The number of fused-ring (bicyclic) bond motifs is 1. The maximum Gasteiger partial charge on any atom is 0.127 e. The molecule has 0 aliphatic carbocycles. The SMILES string of the molecule is CNC(c1cccc2c1OCC2)C1(C)CCCCO1.